The second-order valence-corrected chi connectivity index (χ2v) is 6.69. The Hall–Kier alpha value is -4.88. The largest absolute Gasteiger partial charge is 0.493 e. The van der Waals surface area contributed by atoms with E-state index in [0.29, 0.717) is 34.5 Å². The molecule has 1 heterocycles. The Balaban J connectivity index is 1.53. The molecule has 0 atom stereocenters. The lowest BCUT2D eigenvalue weighted by Crippen LogP contribution is -1.99. The minimum absolute atomic E-state index is 0.348. The molecule has 3 aromatic carbocycles. The van der Waals surface area contributed by atoms with Gasteiger partial charge < -0.3 is 14.8 Å². The molecule has 1 N–H and O–H groups in total. The lowest BCUT2D eigenvalue weighted by Gasteiger charge is -2.12. The Morgan fingerprint density at radius 2 is 1.44 bits per heavy atom. The maximum atomic E-state index is 8.97. The molecule has 32 heavy (non-hydrogen) atoms. The van der Waals surface area contributed by atoms with Crippen molar-refractivity contribution < 1.29 is 9.47 Å². The molecule has 0 unspecified atom stereocenters. The van der Waals surface area contributed by atoms with Gasteiger partial charge in [-0.2, -0.15) is 15.5 Å². The highest BCUT2D eigenvalue weighted by Crippen LogP contribution is 2.35. The summed E-state index contributed by atoms with van der Waals surface area (Å²) in [6.07, 6.45) is 1.59. The highest BCUT2D eigenvalue weighted by molar-refractivity contribution is 5.68. The summed E-state index contributed by atoms with van der Waals surface area (Å²) in [6, 6.07) is 25.7. The number of nitrogens with zero attached hydrogens (tertiary/aromatic N) is 4. The van der Waals surface area contributed by atoms with Gasteiger partial charge in [-0.25, -0.2) is 4.98 Å². The summed E-state index contributed by atoms with van der Waals surface area (Å²) in [5.74, 6) is 1.76. The van der Waals surface area contributed by atoms with Crippen molar-refractivity contribution in [1.29, 1.82) is 10.5 Å². The number of aromatic nitrogens is 2. The third-order valence-electron chi connectivity index (χ3n) is 4.63. The number of hydrogen-bond acceptors (Lipinski definition) is 7. The van der Waals surface area contributed by atoms with Gasteiger partial charge in [0.2, 0.25) is 11.8 Å². The van der Waals surface area contributed by atoms with Crippen LogP contribution in [0.1, 0.15) is 11.1 Å². The number of anilines is 2. The van der Waals surface area contributed by atoms with Crippen LogP contribution < -0.4 is 14.8 Å². The Morgan fingerprint density at radius 3 is 2.09 bits per heavy atom. The molecule has 0 aliphatic carbocycles. The van der Waals surface area contributed by atoms with E-state index in [1.54, 1.807) is 55.8 Å². The molecule has 1 aromatic heterocycles. The van der Waals surface area contributed by atoms with E-state index in [2.05, 4.69) is 27.4 Å². The van der Waals surface area contributed by atoms with Crippen LogP contribution in [0.15, 0.2) is 79.0 Å². The lowest BCUT2D eigenvalue weighted by atomic mass is 10.0. The van der Waals surface area contributed by atoms with Gasteiger partial charge in [0, 0.05) is 18.0 Å². The van der Waals surface area contributed by atoms with Gasteiger partial charge >= 0.3 is 0 Å². The van der Waals surface area contributed by atoms with E-state index >= 15 is 0 Å². The molecule has 0 aliphatic rings. The highest BCUT2D eigenvalue weighted by atomic mass is 16.5. The summed E-state index contributed by atoms with van der Waals surface area (Å²) >= 11 is 0. The van der Waals surface area contributed by atoms with Crippen molar-refractivity contribution in [3.63, 3.8) is 0 Å². The first-order chi connectivity index (χ1) is 15.7. The smallest absolute Gasteiger partial charge is 0.230 e. The van der Waals surface area contributed by atoms with E-state index in [9.17, 15) is 0 Å². The Labute approximate surface area is 185 Å². The molecule has 0 spiro atoms. The van der Waals surface area contributed by atoms with Gasteiger partial charge in [0.15, 0.2) is 11.5 Å². The van der Waals surface area contributed by atoms with Crippen molar-refractivity contribution >= 4 is 11.6 Å². The molecule has 0 bridgehead atoms. The second kappa shape index (κ2) is 9.29. The fourth-order valence-corrected chi connectivity index (χ4v) is 3.00. The Morgan fingerprint density at radius 1 is 0.781 bits per heavy atom. The van der Waals surface area contributed by atoms with Crippen molar-refractivity contribution in [2.75, 3.05) is 12.4 Å². The molecule has 154 valence electrons. The molecule has 7 nitrogen and oxygen atoms in total. The van der Waals surface area contributed by atoms with Gasteiger partial charge in [-0.3, -0.25) is 0 Å². The van der Waals surface area contributed by atoms with Gasteiger partial charge in [-0.05, 0) is 59.7 Å². The Kier molecular flexibility index (Phi) is 5.92. The summed E-state index contributed by atoms with van der Waals surface area (Å²) in [5.41, 5.74) is 3.83. The van der Waals surface area contributed by atoms with Crippen LogP contribution in [0.25, 0.3) is 11.1 Å². The molecular weight excluding hydrogens is 402 g/mol. The molecule has 0 radical (unpaired) electrons. The standard InChI is InChI=1S/C25H17N5O2/c1-31-23-14-20(19-6-2-17(15-26)3-7-19)8-11-22(23)32-24-12-13-28-25(30-24)29-21-9-4-18(16-27)5-10-21/h2-14H,1H3,(H,28,29,30). The van der Waals surface area contributed by atoms with Gasteiger partial charge in [-0.1, -0.05) is 18.2 Å². The first-order valence-electron chi connectivity index (χ1n) is 9.65. The third-order valence-corrected chi connectivity index (χ3v) is 4.63. The lowest BCUT2D eigenvalue weighted by molar-refractivity contribution is 0.374. The number of rotatable bonds is 6. The van der Waals surface area contributed by atoms with Crippen LogP contribution >= 0.6 is 0 Å². The van der Waals surface area contributed by atoms with Crippen molar-refractivity contribution in [1.82, 2.24) is 9.97 Å². The van der Waals surface area contributed by atoms with Crippen molar-refractivity contribution in [3.8, 4) is 40.6 Å². The SMILES string of the molecule is COc1cc(-c2ccc(C#N)cc2)ccc1Oc1ccnc(Nc2ccc(C#N)cc2)n1. The van der Waals surface area contributed by atoms with Gasteiger partial charge in [-0.15, -0.1) is 0 Å². The predicted octanol–water partition coefficient (Wildman–Crippen LogP) is 5.43. The Bertz CT molecular complexity index is 1320. The average molecular weight is 419 g/mol. The van der Waals surface area contributed by atoms with Crippen LogP contribution in [0, 0.1) is 22.7 Å². The minimum Gasteiger partial charge on any atom is -0.493 e. The van der Waals surface area contributed by atoms with Crippen molar-refractivity contribution in [2.24, 2.45) is 0 Å². The molecule has 0 fully saturated rings. The number of methoxy groups -OCH3 is 1. The molecular formula is C25H17N5O2. The first-order valence-corrected chi connectivity index (χ1v) is 9.65. The van der Waals surface area contributed by atoms with Crippen molar-refractivity contribution in [2.45, 2.75) is 0 Å². The zero-order valence-electron chi connectivity index (χ0n) is 17.1. The van der Waals surface area contributed by atoms with Crippen LogP contribution in [0.3, 0.4) is 0 Å². The second-order valence-electron chi connectivity index (χ2n) is 6.69. The molecule has 4 aromatic rings. The van der Waals surface area contributed by atoms with Gasteiger partial charge in [0.25, 0.3) is 0 Å². The van der Waals surface area contributed by atoms with E-state index < -0.39 is 0 Å². The summed E-state index contributed by atoms with van der Waals surface area (Å²) in [5, 5.41) is 21.0. The van der Waals surface area contributed by atoms with E-state index in [0.717, 1.165) is 16.8 Å². The van der Waals surface area contributed by atoms with E-state index in [4.69, 9.17) is 20.0 Å². The topological polar surface area (TPSA) is 104 Å². The van der Waals surface area contributed by atoms with Crippen LogP contribution in [0.4, 0.5) is 11.6 Å². The zero-order chi connectivity index (χ0) is 22.3. The normalized spacial score (nSPS) is 9.97. The number of benzene rings is 3. The molecule has 7 heteroatoms. The molecule has 0 amide bonds. The zero-order valence-corrected chi connectivity index (χ0v) is 17.1. The number of hydrogen-bond donors (Lipinski definition) is 1. The van der Waals surface area contributed by atoms with Gasteiger partial charge in [0.1, 0.15) is 0 Å². The van der Waals surface area contributed by atoms with Crippen LogP contribution in [0.2, 0.25) is 0 Å². The van der Waals surface area contributed by atoms with Crippen LogP contribution in [-0.4, -0.2) is 17.1 Å². The predicted molar refractivity (Wildman–Crippen MR) is 120 cm³/mol. The fraction of sp³-hybridized carbons (Fsp3) is 0.0400. The van der Waals surface area contributed by atoms with E-state index in [-0.39, 0.29) is 0 Å². The minimum atomic E-state index is 0.348. The maximum Gasteiger partial charge on any atom is 0.230 e. The van der Waals surface area contributed by atoms with Crippen LogP contribution in [-0.2, 0) is 0 Å². The quantitative estimate of drug-likeness (QED) is 0.444. The van der Waals surface area contributed by atoms with Crippen LogP contribution in [0.5, 0.6) is 17.4 Å². The molecule has 0 aliphatic heterocycles. The number of nitriles is 2. The van der Waals surface area contributed by atoms with E-state index in [1.807, 2.05) is 30.3 Å². The fourth-order valence-electron chi connectivity index (χ4n) is 3.00. The van der Waals surface area contributed by atoms with E-state index in [1.165, 1.54) is 0 Å². The molecule has 0 saturated heterocycles. The van der Waals surface area contributed by atoms with Crippen molar-refractivity contribution in [3.05, 3.63) is 90.1 Å². The van der Waals surface area contributed by atoms with Gasteiger partial charge in [0.05, 0.1) is 30.4 Å². The summed E-state index contributed by atoms with van der Waals surface area (Å²) in [7, 11) is 1.57. The monoisotopic (exact) mass is 419 g/mol. The molecule has 0 saturated carbocycles. The summed E-state index contributed by atoms with van der Waals surface area (Å²) in [6.45, 7) is 0. The average Bonchev–Trinajstić information content (AvgIpc) is 2.85. The third kappa shape index (κ3) is 4.64. The maximum absolute atomic E-state index is 8.97. The highest BCUT2D eigenvalue weighted by Gasteiger charge is 2.10. The number of nitrogens with one attached hydrogen (secondary N) is 1. The number of ether oxygens (including phenoxy) is 2. The molecule has 4 rings (SSSR count). The summed E-state index contributed by atoms with van der Waals surface area (Å²) in [4.78, 5) is 8.59. The summed E-state index contributed by atoms with van der Waals surface area (Å²) < 4.78 is 11.5. The first kappa shape index (κ1) is 20.4.